The quantitative estimate of drug-likeness (QED) is 0.543. The Labute approximate surface area is 132 Å². The van der Waals surface area contributed by atoms with Gasteiger partial charge >= 0.3 is 14.4 Å². The van der Waals surface area contributed by atoms with Crippen LogP contribution in [0.2, 0.25) is 10.6 Å². The van der Waals surface area contributed by atoms with Crippen LogP contribution in [0.1, 0.15) is 40.5 Å². The second-order valence-electron chi connectivity index (χ2n) is 6.81. The SMILES string of the molecule is CC[CH2][Al]([CH2]CC)[N](CC(C)N(C)C)CC(C)N(C)C. The minimum Gasteiger partial charge on any atom is -0.382 e. The fraction of sp³-hybridized carbons (Fsp3) is 1.00. The molecule has 0 saturated heterocycles. The molecule has 0 rings (SSSR count). The maximum absolute atomic E-state index is 2.88. The summed E-state index contributed by atoms with van der Waals surface area (Å²) in [4.78, 5) is 4.72. The van der Waals surface area contributed by atoms with E-state index in [0.29, 0.717) is 12.1 Å². The maximum atomic E-state index is 2.88. The molecule has 2 atom stereocenters. The Morgan fingerprint density at radius 3 is 1.35 bits per heavy atom. The van der Waals surface area contributed by atoms with E-state index in [2.05, 4.69) is 69.6 Å². The summed E-state index contributed by atoms with van der Waals surface area (Å²) in [6.07, 6.45) is 2.69. The third-order valence-electron chi connectivity index (χ3n) is 4.52. The van der Waals surface area contributed by atoms with E-state index in [1.165, 1.54) is 36.5 Å². The molecular weight excluding hydrogens is 261 g/mol. The summed E-state index contributed by atoms with van der Waals surface area (Å²) < 4.78 is 2.88. The van der Waals surface area contributed by atoms with Crippen molar-refractivity contribution in [1.82, 2.24) is 13.7 Å². The first-order valence-electron chi connectivity index (χ1n) is 8.40. The first-order chi connectivity index (χ1) is 9.33. The Balaban J connectivity index is 4.80. The lowest BCUT2D eigenvalue weighted by Gasteiger charge is -2.37. The molecule has 0 fully saturated rings. The van der Waals surface area contributed by atoms with Gasteiger partial charge in [0.2, 0.25) is 0 Å². The van der Waals surface area contributed by atoms with Crippen LogP contribution in [-0.2, 0) is 0 Å². The third kappa shape index (κ3) is 8.00. The lowest BCUT2D eigenvalue weighted by Crippen LogP contribution is -2.50. The number of hydrogen-bond donors (Lipinski definition) is 0. The topological polar surface area (TPSA) is 9.72 Å². The van der Waals surface area contributed by atoms with Crippen LogP contribution in [0.3, 0.4) is 0 Å². The van der Waals surface area contributed by atoms with Crippen molar-refractivity contribution < 1.29 is 0 Å². The fourth-order valence-electron chi connectivity index (χ4n) is 2.55. The van der Waals surface area contributed by atoms with Crippen molar-refractivity contribution in [3.8, 4) is 0 Å². The van der Waals surface area contributed by atoms with Crippen LogP contribution in [0, 0.1) is 0 Å². The van der Waals surface area contributed by atoms with E-state index in [9.17, 15) is 0 Å². The van der Waals surface area contributed by atoms with E-state index < -0.39 is 14.4 Å². The van der Waals surface area contributed by atoms with Crippen molar-refractivity contribution in [2.75, 3.05) is 41.3 Å². The Morgan fingerprint density at radius 1 is 0.750 bits per heavy atom. The Hall–Kier alpha value is 0.412. The lowest BCUT2D eigenvalue weighted by molar-refractivity contribution is 0.213. The molecule has 0 saturated carbocycles. The summed E-state index contributed by atoms with van der Waals surface area (Å²) in [5, 5.41) is 2.93. The van der Waals surface area contributed by atoms with Crippen LogP contribution in [-0.4, -0.2) is 81.4 Å². The van der Waals surface area contributed by atoms with Gasteiger partial charge in [0, 0.05) is 12.1 Å². The summed E-state index contributed by atoms with van der Waals surface area (Å²) in [6, 6.07) is 1.29. The summed E-state index contributed by atoms with van der Waals surface area (Å²) >= 11 is -0.763. The molecule has 20 heavy (non-hydrogen) atoms. The summed E-state index contributed by atoms with van der Waals surface area (Å²) in [7, 11) is 8.81. The normalized spacial score (nSPS) is 15.2. The van der Waals surface area contributed by atoms with Gasteiger partial charge in [-0.2, -0.15) is 0 Å². The molecule has 0 amide bonds. The van der Waals surface area contributed by atoms with Crippen molar-refractivity contribution in [3.05, 3.63) is 0 Å². The minimum absolute atomic E-state index is 0.646. The second-order valence-corrected chi connectivity index (χ2v) is 10.0. The van der Waals surface area contributed by atoms with Crippen LogP contribution in [0.25, 0.3) is 0 Å². The van der Waals surface area contributed by atoms with E-state index in [1.54, 1.807) is 0 Å². The molecule has 0 N–H and O–H groups in total. The van der Waals surface area contributed by atoms with E-state index >= 15 is 0 Å². The van der Waals surface area contributed by atoms with Crippen molar-refractivity contribution >= 4 is 14.4 Å². The van der Waals surface area contributed by atoms with Crippen molar-refractivity contribution in [2.45, 2.75) is 63.2 Å². The van der Waals surface area contributed by atoms with Gasteiger partial charge in [0.15, 0.2) is 0 Å². The van der Waals surface area contributed by atoms with Gasteiger partial charge < -0.3 is 13.7 Å². The van der Waals surface area contributed by atoms with Gasteiger partial charge in [0.25, 0.3) is 0 Å². The average Bonchev–Trinajstić information content (AvgIpc) is 2.37. The molecule has 0 aliphatic heterocycles. The van der Waals surface area contributed by atoms with Crippen LogP contribution in [0.15, 0.2) is 0 Å². The monoisotopic (exact) mass is 299 g/mol. The molecule has 0 spiro atoms. The Kier molecular flexibility index (Phi) is 11.3. The molecule has 0 aliphatic carbocycles. The van der Waals surface area contributed by atoms with Gasteiger partial charge in [-0.15, -0.1) is 0 Å². The minimum atomic E-state index is -0.763. The maximum Gasteiger partial charge on any atom is 0.372 e. The molecule has 0 aromatic carbocycles. The van der Waals surface area contributed by atoms with Crippen molar-refractivity contribution in [2.24, 2.45) is 0 Å². The smallest absolute Gasteiger partial charge is 0.372 e. The van der Waals surface area contributed by atoms with Gasteiger partial charge in [0.05, 0.1) is 0 Å². The summed E-state index contributed by atoms with van der Waals surface area (Å²) in [6.45, 7) is 11.9. The highest BCUT2D eigenvalue weighted by Gasteiger charge is 2.27. The van der Waals surface area contributed by atoms with Crippen LogP contribution in [0.4, 0.5) is 0 Å². The Morgan fingerprint density at radius 2 is 1.10 bits per heavy atom. The highest BCUT2D eigenvalue weighted by Crippen LogP contribution is 2.14. The number of nitrogens with zero attached hydrogens (tertiary/aromatic N) is 3. The molecular formula is C16H38AlN3. The Bertz CT molecular complexity index is 212. The molecule has 0 aromatic heterocycles. The zero-order valence-corrected chi connectivity index (χ0v) is 16.5. The molecule has 3 nitrogen and oxygen atoms in total. The van der Waals surface area contributed by atoms with Gasteiger partial charge in [-0.3, -0.25) is 0 Å². The molecule has 120 valence electrons. The number of hydrogen-bond acceptors (Lipinski definition) is 3. The van der Waals surface area contributed by atoms with Gasteiger partial charge in [0.1, 0.15) is 0 Å². The zero-order valence-electron chi connectivity index (χ0n) is 15.3. The fourth-order valence-corrected chi connectivity index (χ4v) is 6.11. The molecule has 0 bridgehead atoms. The summed E-state index contributed by atoms with van der Waals surface area (Å²) in [5.74, 6) is 0. The highest BCUT2D eigenvalue weighted by atomic mass is 27.2. The largest absolute Gasteiger partial charge is 0.382 e. The molecule has 0 heterocycles. The molecule has 0 radical (unpaired) electrons. The van der Waals surface area contributed by atoms with Crippen molar-refractivity contribution in [1.29, 1.82) is 0 Å². The van der Waals surface area contributed by atoms with Crippen LogP contribution >= 0.6 is 0 Å². The number of rotatable bonds is 11. The van der Waals surface area contributed by atoms with E-state index in [-0.39, 0.29) is 0 Å². The molecule has 0 aromatic rings. The first-order valence-corrected chi connectivity index (χ1v) is 10.5. The predicted molar refractivity (Wildman–Crippen MR) is 93.8 cm³/mol. The predicted octanol–water partition coefficient (Wildman–Crippen LogP) is 3.00. The van der Waals surface area contributed by atoms with E-state index in [1.807, 2.05) is 0 Å². The van der Waals surface area contributed by atoms with Crippen molar-refractivity contribution in [3.63, 3.8) is 0 Å². The lowest BCUT2D eigenvalue weighted by atomic mass is 10.2. The highest BCUT2D eigenvalue weighted by molar-refractivity contribution is 6.55. The van der Waals surface area contributed by atoms with Crippen LogP contribution in [0.5, 0.6) is 0 Å². The van der Waals surface area contributed by atoms with E-state index in [4.69, 9.17) is 0 Å². The standard InChI is InChI=1S/C10H24N3.2C3H7.Al/c1-9(12(3)4)7-11-8-10(2)13(5)6;2*1-3-2;/h9-10H,7-8H2,1-6H3;2*1,3H2,2H3;/q-1;;;+1. The van der Waals surface area contributed by atoms with Gasteiger partial charge in [-0.05, 0) is 55.1 Å². The third-order valence-corrected chi connectivity index (χ3v) is 8.46. The molecule has 4 heteroatoms. The second kappa shape index (κ2) is 11.0. The average molecular weight is 299 g/mol. The van der Waals surface area contributed by atoms with Crippen LogP contribution < -0.4 is 0 Å². The molecule has 2 unspecified atom stereocenters. The summed E-state index contributed by atoms with van der Waals surface area (Å²) in [5.41, 5.74) is 0. The number of likely N-dealkylation sites (N-methyl/N-ethyl adjacent to an activating group) is 2. The van der Waals surface area contributed by atoms with Gasteiger partial charge in [-0.25, -0.2) is 0 Å². The zero-order chi connectivity index (χ0) is 15.7. The first kappa shape index (κ1) is 20.4. The van der Waals surface area contributed by atoms with Gasteiger partial charge in [-0.1, -0.05) is 37.3 Å². The van der Waals surface area contributed by atoms with E-state index in [0.717, 1.165) is 0 Å². The molecule has 0 aliphatic rings.